The van der Waals surface area contributed by atoms with Gasteiger partial charge in [-0.3, -0.25) is 4.79 Å². The summed E-state index contributed by atoms with van der Waals surface area (Å²) in [6, 6.07) is 4.29. The monoisotopic (exact) mass is 396 g/mol. The molecule has 2 heterocycles. The van der Waals surface area contributed by atoms with Crippen LogP contribution in [-0.4, -0.2) is 42.2 Å². The van der Waals surface area contributed by atoms with E-state index in [-0.39, 0.29) is 18.0 Å². The van der Waals surface area contributed by atoms with Crippen molar-refractivity contribution in [3.63, 3.8) is 0 Å². The summed E-state index contributed by atoms with van der Waals surface area (Å²) in [5, 5.41) is 5.17. The number of ether oxygens (including phenoxy) is 2. The molecule has 1 aliphatic rings. The first-order valence-electron chi connectivity index (χ1n) is 10.2. The minimum atomic E-state index is -0.112. The molecule has 1 aromatic carbocycles. The molecule has 2 aromatic heterocycles. The Morgan fingerprint density at radius 2 is 1.86 bits per heavy atom. The number of amides is 1. The van der Waals surface area contributed by atoms with Gasteiger partial charge in [0, 0.05) is 28.9 Å². The highest BCUT2D eigenvalue weighted by Gasteiger charge is 2.24. The number of pyridine rings is 1. The molecule has 154 valence electrons. The molecule has 0 aliphatic heterocycles. The van der Waals surface area contributed by atoms with E-state index in [1.54, 1.807) is 20.4 Å². The SMILES string of the molecule is CCc1c(C(=O)NC2CCC(N)CC2)ncc2[nH]c3cc(OC)c(OC)cc3c12. The highest BCUT2D eigenvalue weighted by Crippen LogP contribution is 2.37. The van der Waals surface area contributed by atoms with Crippen molar-refractivity contribution in [1.82, 2.24) is 15.3 Å². The van der Waals surface area contributed by atoms with E-state index in [9.17, 15) is 4.79 Å². The zero-order valence-electron chi connectivity index (χ0n) is 17.2. The Labute approximate surface area is 170 Å². The quantitative estimate of drug-likeness (QED) is 0.614. The number of nitrogens with zero attached hydrogens (tertiary/aromatic N) is 1. The minimum absolute atomic E-state index is 0.112. The van der Waals surface area contributed by atoms with Gasteiger partial charge in [0.2, 0.25) is 0 Å². The highest BCUT2D eigenvalue weighted by molar-refractivity contribution is 6.12. The van der Waals surface area contributed by atoms with Gasteiger partial charge < -0.3 is 25.5 Å². The van der Waals surface area contributed by atoms with Crippen LogP contribution in [0.3, 0.4) is 0 Å². The lowest BCUT2D eigenvalue weighted by Crippen LogP contribution is -2.41. The molecule has 29 heavy (non-hydrogen) atoms. The fourth-order valence-corrected chi connectivity index (χ4v) is 4.35. The summed E-state index contributed by atoms with van der Waals surface area (Å²) in [6.45, 7) is 2.05. The number of hydrogen-bond acceptors (Lipinski definition) is 5. The minimum Gasteiger partial charge on any atom is -0.493 e. The Bertz CT molecular complexity index is 1050. The Morgan fingerprint density at radius 1 is 1.17 bits per heavy atom. The molecule has 0 radical (unpaired) electrons. The van der Waals surface area contributed by atoms with Gasteiger partial charge in [0.1, 0.15) is 5.69 Å². The predicted molar refractivity (Wildman–Crippen MR) is 114 cm³/mol. The van der Waals surface area contributed by atoms with Gasteiger partial charge in [-0.1, -0.05) is 6.92 Å². The maximum absolute atomic E-state index is 13.0. The van der Waals surface area contributed by atoms with Gasteiger partial charge in [-0.15, -0.1) is 0 Å². The fraction of sp³-hybridized carbons (Fsp3) is 0.455. The van der Waals surface area contributed by atoms with Crippen molar-refractivity contribution in [2.75, 3.05) is 14.2 Å². The van der Waals surface area contributed by atoms with Gasteiger partial charge in [-0.05, 0) is 43.7 Å². The number of fused-ring (bicyclic) bond motifs is 3. The van der Waals surface area contributed by atoms with E-state index in [4.69, 9.17) is 15.2 Å². The number of nitrogens with two attached hydrogens (primary N) is 1. The van der Waals surface area contributed by atoms with Crippen LogP contribution in [0.4, 0.5) is 0 Å². The van der Waals surface area contributed by atoms with E-state index < -0.39 is 0 Å². The zero-order chi connectivity index (χ0) is 20.5. The first-order chi connectivity index (χ1) is 14.0. The van der Waals surface area contributed by atoms with Gasteiger partial charge in [0.25, 0.3) is 5.91 Å². The van der Waals surface area contributed by atoms with Crippen LogP contribution < -0.4 is 20.5 Å². The van der Waals surface area contributed by atoms with Crippen molar-refractivity contribution in [2.45, 2.75) is 51.1 Å². The molecule has 0 atom stereocenters. The van der Waals surface area contributed by atoms with E-state index >= 15 is 0 Å². The molecule has 7 heteroatoms. The summed E-state index contributed by atoms with van der Waals surface area (Å²) in [6.07, 6.45) is 6.16. The van der Waals surface area contributed by atoms with Gasteiger partial charge in [-0.25, -0.2) is 4.98 Å². The molecule has 4 rings (SSSR count). The largest absolute Gasteiger partial charge is 0.493 e. The third kappa shape index (κ3) is 3.51. The second-order valence-electron chi connectivity index (χ2n) is 7.69. The van der Waals surface area contributed by atoms with Gasteiger partial charge in [-0.2, -0.15) is 0 Å². The summed E-state index contributed by atoms with van der Waals surface area (Å²) >= 11 is 0. The number of carbonyl (C=O) groups excluding carboxylic acids is 1. The number of hydrogen-bond donors (Lipinski definition) is 3. The van der Waals surface area contributed by atoms with Crippen LogP contribution in [-0.2, 0) is 6.42 Å². The second kappa shape index (κ2) is 7.91. The smallest absolute Gasteiger partial charge is 0.270 e. The van der Waals surface area contributed by atoms with Crippen LogP contribution in [0.2, 0.25) is 0 Å². The molecule has 0 saturated heterocycles. The number of aromatic amines is 1. The Balaban J connectivity index is 1.77. The molecule has 1 amide bonds. The number of methoxy groups -OCH3 is 2. The Hall–Kier alpha value is -2.80. The third-order valence-electron chi connectivity index (χ3n) is 5.92. The van der Waals surface area contributed by atoms with Crippen LogP contribution in [0.5, 0.6) is 11.5 Å². The maximum Gasteiger partial charge on any atom is 0.270 e. The van der Waals surface area contributed by atoms with Crippen molar-refractivity contribution in [3.05, 3.63) is 29.6 Å². The van der Waals surface area contributed by atoms with Crippen LogP contribution in [0.25, 0.3) is 21.8 Å². The first-order valence-corrected chi connectivity index (χ1v) is 10.2. The molecular weight excluding hydrogens is 368 g/mol. The number of aryl methyl sites for hydroxylation is 1. The summed E-state index contributed by atoms with van der Waals surface area (Å²) in [5.41, 5.74) is 9.23. The number of aromatic nitrogens is 2. The topological polar surface area (TPSA) is 102 Å². The summed E-state index contributed by atoms with van der Waals surface area (Å²) < 4.78 is 10.9. The third-order valence-corrected chi connectivity index (χ3v) is 5.92. The van der Waals surface area contributed by atoms with E-state index in [0.717, 1.165) is 53.1 Å². The van der Waals surface area contributed by atoms with E-state index in [2.05, 4.69) is 15.3 Å². The van der Waals surface area contributed by atoms with Crippen LogP contribution in [0, 0.1) is 0 Å². The van der Waals surface area contributed by atoms with Gasteiger partial charge >= 0.3 is 0 Å². The van der Waals surface area contributed by atoms with Gasteiger partial charge in [0.15, 0.2) is 11.5 Å². The Morgan fingerprint density at radius 3 is 2.52 bits per heavy atom. The van der Waals surface area contributed by atoms with E-state index in [1.165, 1.54) is 0 Å². The molecule has 1 aliphatic carbocycles. The average Bonchev–Trinajstić information content (AvgIpc) is 3.10. The number of carbonyl (C=O) groups is 1. The van der Waals surface area contributed by atoms with Crippen LogP contribution >= 0.6 is 0 Å². The zero-order valence-corrected chi connectivity index (χ0v) is 17.2. The fourth-order valence-electron chi connectivity index (χ4n) is 4.35. The molecule has 4 N–H and O–H groups in total. The lowest BCUT2D eigenvalue weighted by Gasteiger charge is -2.26. The molecule has 0 unspecified atom stereocenters. The lowest BCUT2D eigenvalue weighted by atomic mass is 9.91. The van der Waals surface area contributed by atoms with Crippen molar-refractivity contribution < 1.29 is 14.3 Å². The van der Waals surface area contributed by atoms with Gasteiger partial charge in [0.05, 0.1) is 31.4 Å². The molecule has 0 bridgehead atoms. The number of benzene rings is 1. The van der Waals surface area contributed by atoms with Crippen molar-refractivity contribution in [2.24, 2.45) is 5.73 Å². The summed E-state index contributed by atoms with van der Waals surface area (Å²) in [7, 11) is 3.24. The standard InChI is InChI=1S/C22H28N4O3/c1-4-14-20-15-9-18(28-2)19(29-3)10-16(15)26-17(20)11-24-21(14)22(27)25-13-7-5-12(23)6-8-13/h9-13,26H,4-8,23H2,1-3H3,(H,25,27). The summed E-state index contributed by atoms with van der Waals surface area (Å²) in [4.78, 5) is 20.9. The molecule has 0 spiro atoms. The van der Waals surface area contributed by atoms with Crippen LogP contribution in [0.15, 0.2) is 18.3 Å². The maximum atomic E-state index is 13.0. The van der Waals surface area contributed by atoms with E-state index in [1.807, 2.05) is 19.1 Å². The van der Waals surface area contributed by atoms with E-state index in [0.29, 0.717) is 23.6 Å². The molecular formula is C22H28N4O3. The average molecular weight is 396 g/mol. The van der Waals surface area contributed by atoms with Crippen molar-refractivity contribution in [1.29, 1.82) is 0 Å². The number of rotatable bonds is 5. The number of H-pyrrole nitrogens is 1. The lowest BCUT2D eigenvalue weighted by molar-refractivity contribution is 0.0920. The molecule has 1 saturated carbocycles. The molecule has 3 aromatic rings. The summed E-state index contributed by atoms with van der Waals surface area (Å²) in [5.74, 6) is 1.20. The first kappa shape index (κ1) is 19.5. The van der Waals surface area contributed by atoms with Crippen molar-refractivity contribution in [3.8, 4) is 11.5 Å². The predicted octanol–water partition coefficient (Wildman–Crippen LogP) is 3.30. The second-order valence-corrected chi connectivity index (χ2v) is 7.69. The highest BCUT2D eigenvalue weighted by atomic mass is 16.5. The molecule has 1 fully saturated rings. The number of nitrogens with one attached hydrogen (secondary N) is 2. The van der Waals surface area contributed by atoms with Crippen LogP contribution in [0.1, 0.15) is 48.7 Å². The molecule has 7 nitrogen and oxygen atoms in total. The van der Waals surface area contributed by atoms with Crippen molar-refractivity contribution >= 4 is 27.7 Å². The Kier molecular flexibility index (Phi) is 5.32. The normalized spacial score (nSPS) is 19.4.